The van der Waals surface area contributed by atoms with Crippen molar-refractivity contribution >= 4 is 0 Å². The van der Waals surface area contributed by atoms with Gasteiger partial charge in [-0.05, 0) is 36.5 Å². The third-order valence-corrected chi connectivity index (χ3v) is 3.70. The molecule has 0 N–H and O–H groups in total. The lowest BCUT2D eigenvalue weighted by atomic mass is 9.70. The van der Waals surface area contributed by atoms with Crippen LogP contribution < -0.4 is 0 Å². The fraction of sp³-hybridized carbons (Fsp3) is 0.500. The maximum Gasteiger partial charge on any atom is 0.126 e. The molecule has 1 unspecified atom stereocenters. The van der Waals surface area contributed by atoms with Crippen molar-refractivity contribution in [1.82, 2.24) is 0 Å². The van der Waals surface area contributed by atoms with Crippen LogP contribution in [-0.4, -0.2) is 0 Å². The van der Waals surface area contributed by atoms with Crippen LogP contribution in [0.5, 0.6) is 0 Å². The van der Waals surface area contributed by atoms with E-state index < -0.39 is 17.0 Å². The van der Waals surface area contributed by atoms with E-state index in [1.54, 1.807) is 0 Å². The number of benzene rings is 1. The van der Waals surface area contributed by atoms with E-state index in [-0.39, 0.29) is 5.92 Å². The Bertz CT molecular complexity index is 410. The van der Waals surface area contributed by atoms with E-state index in [1.807, 2.05) is 20.8 Å². The van der Waals surface area contributed by atoms with Crippen molar-refractivity contribution in [3.63, 3.8) is 0 Å². The van der Waals surface area contributed by atoms with Crippen molar-refractivity contribution in [3.8, 4) is 6.07 Å². The zero-order chi connectivity index (χ0) is 13.1. The largest absolute Gasteiger partial charge is 0.207 e. The molecular weight excluding hydrogens is 220 g/mol. The topological polar surface area (TPSA) is 23.8 Å². The van der Waals surface area contributed by atoms with Crippen molar-refractivity contribution in [3.05, 3.63) is 35.4 Å². The normalized spacial score (nSPS) is 13.2. The van der Waals surface area contributed by atoms with Gasteiger partial charge in [0, 0.05) is 6.07 Å². The van der Waals surface area contributed by atoms with Gasteiger partial charge in [0.05, 0.1) is 11.5 Å². The molecule has 0 aliphatic rings. The molecule has 1 nitrogen and oxygen atoms in total. The number of hydrogen-bond acceptors (Lipinski definition) is 1. The molecule has 17 heavy (non-hydrogen) atoms. The van der Waals surface area contributed by atoms with Gasteiger partial charge in [0.15, 0.2) is 0 Å². The van der Waals surface area contributed by atoms with E-state index in [0.717, 1.165) is 6.07 Å². The minimum absolute atomic E-state index is 0.187. The van der Waals surface area contributed by atoms with Crippen LogP contribution in [0.3, 0.4) is 0 Å². The smallest absolute Gasteiger partial charge is 0.126 e. The highest BCUT2D eigenvalue weighted by Gasteiger charge is 2.34. The first kappa shape index (κ1) is 13.6. The monoisotopic (exact) mass is 237 g/mol. The van der Waals surface area contributed by atoms with E-state index in [4.69, 9.17) is 0 Å². The van der Waals surface area contributed by atoms with E-state index in [1.165, 1.54) is 12.1 Å². The van der Waals surface area contributed by atoms with Gasteiger partial charge in [0.2, 0.25) is 0 Å². The lowest BCUT2D eigenvalue weighted by molar-refractivity contribution is 0.303. The predicted molar refractivity (Wildman–Crippen MR) is 63.4 cm³/mol. The molecule has 0 fully saturated rings. The van der Waals surface area contributed by atoms with Crippen LogP contribution in [0.25, 0.3) is 0 Å². The average Bonchev–Trinajstić information content (AvgIpc) is 2.30. The third kappa shape index (κ3) is 2.63. The van der Waals surface area contributed by atoms with E-state index in [0.29, 0.717) is 18.4 Å². The summed E-state index contributed by atoms with van der Waals surface area (Å²) in [6.07, 6.45) is 1.33. The zero-order valence-electron chi connectivity index (χ0n) is 10.4. The standard InChI is InChI=1S/C14H17F2N/c1-4-14(5-2,9-17)10(3)11-6-12(15)8-13(16)7-11/h6-8,10H,4-5H2,1-3H3. The Morgan fingerprint density at radius 2 is 1.65 bits per heavy atom. The Kier molecular flexibility index (Phi) is 4.22. The number of halogens is 2. The van der Waals surface area contributed by atoms with Crippen molar-refractivity contribution in [2.24, 2.45) is 5.41 Å². The maximum atomic E-state index is 13.2. The quantitative estimate of drug-likeness (QED) is 0.761. The second-order valence-electron chi connectivity index (χ2n) is 4.40. The molecule has 1 atom stereocenters. The molecule has 0 aliphatic carbocycles. The first-order chi connectivity index (χ1) is 7.99. The van der Waals surface area contributed by atoms with Crippen molar-refractivity contribution < 1.29 is 8.78 Å². The van der Waals surface area contributed by atoms with Gasteiger partial charge in [0.1, 0.15) is 11.6 Å². The van der Waals surface area contributed by atoms with Crippen LogP contribution in [0, 0.1) is 28.4 Å². The fourth-order valence-electron chi connectivity index (χ4n) is 2.26. The molecule has 0 spiro atoms. The summed E-state index contributed by atoms with van der Waals surface area (Å²) < 4.78 is 26.3. The summed E-state index contributed by atoms with van der Waals surface area (Å²) in [5, 5.41) is 9.31. The summed E-state index contributed by atoms with van der Waals surface area (Å²) >= 11 is 0. The number of rotatable bonds is 4. The van der Waals surface area contributed by atoms with Crippen LogP contribution >= 0.6 is 0 Å². The van der Waals surface area contributed by atoms with Crippen LogP contribution in [0.1, 0.15) is 45.1 Å². The Morgan fingerprint density at radius 1 is 1.18 bits per heavy atom. The van der Waals surface area contributed by atoms with Crippen LogP contribution in [0.4, 0.5) is 8.78 Å². The highest BCUT2D eigenvalue weighted by Crippen LogP contribution is 2.41. The fourth-order valence-corrected chi connectivity index (χ4v) is 2.26. The Labute approximate surface area is 101 Å². The van der Waals surface area contributed by atoms with Crippen LogP contribution in [-0.2, 0) is 0 Å². The van der Waals surface area contributed by atoms with Crippen LogP contribution in [0.15, 0.2) is 18.2 Å². The first-order valence-corrected chi connectivity index (χ1v) is 5.86. The first-order valence-electron chi connectivity index (χ1n) is 5.86. The molecule has 0 bridgehead atoms. The van der Waals surface area contributed by atoms with E-state index in [2.05, 4.69) is 6.07 Å². The minimum atomic E-state index is -0.592. The number of nitrogens with zero attached hydrogens (tertiary/aromatic N) is 1. The molecule has 1 aromatic rings. The second kappa shape index (κ2) is 5.27. The van der Waals surface area contributed by atoms with Gasteiger partial charge >= 0.3 is 0 Å². The SMILES string of the molecule is CCC(C#N)(CC)C(C)c1cc(F)cc(F)c1. The van der Waals surface area contributed by atoms with Gasteiger partial charge in [-0.15, -0.1) is 0 Å². The molecule has 1 rings (SSSR count). The van der Waals surface area contributed by atoms with Crippen LogP contribution in [0.2, 0.25) is 0 Å². The predicted octanol–water partition coefficient (Wildman–Crippen LogP) is 4.40. The van der Waals surface area contributed by atoms with Crippen molar-refractivity contribution in [1.29, 1.82) is 5.26 Å². The van der Waals surface area contributed by atoms with Gasteiger partial charge in [-0.25, -0.2) is 8.78 Å². The van der Waals surface area contributed by atoms with Gasteiger partial charge in [0.25, 0.3) is 0 Å². The molecular formula is C14H17F2N. The Hall–Kier alpha value is -1.43. The molecule has 92 valence electrons. The molecule has 0 radical (unpaired) electrons. The minimum Gasteiger partial charge on any atom is -0.207 e. The molecule has 0 aliphatic heterocycles. The molecule has 3 heteroatoms. The Balaban J connectivity index is 3.19. The highest BCUT2D eigenvalue weighted by molar-refractivity contribution is 5.26. The summed E-state index contributed by atoms with van der Waals surface area (Å²) in [6, 6.07) is 5.78. The lowest BCUT2D eigenvalue weighted by Gasteiger charge is -2.31. The maximum absolute atomic E-state index is 13.2. The molecule has 0 saturated heterocycles. The second-order valence-corrected chi connectivity index (χ2v) is 4.40. The molecule has 0 aromatic heterocycles. The van der Waals surface area contributed by atoms with Gasteiger partial charge in [-0.3, -0.25) is 0 Å². The van der Waals surface area contributed by atoms with E-state index in [9.17, 15) is 14.0 Å². The number of hydrogen-bond donors (Lipinski definition) is 0. The summed E-state index contributed by atoms with van der Waals surface area (Å²) in [5.41, 5.74) is -0.00648. The van der Waals surface area contributed by atoms with E-state index >= 15 is 0 Å². The lowest BCUT2D eigenvalue weighted by Crippen LogP contribution is -2.24. The zero-order valence-corrected chi connectivity index (χ0v) is 10.4. The molecule has 0 amide bonds. The summed E-state index contributed by atoms with van der Waals surface area (Å²) in [7, 11) is 0. The van der Waals surface area contributed by atoms with Crippen molar-refractivity contribution in [2.75, 3.05) is 0 Å². The Morgan fingerprint density at radius 3 is 2.00 bits per heavy atom. The molecule has 1 aromatic carbocycles. The molecule has 0 saturated carbocycles. The summed E-state index contributed by atoms with van der Waals surface area (Å²) in [4.78, 5) is 0. The van der Waals surface area contributed by atoms with Crippen molar-refractivity contribution in [2.45, 2.75) is 39.5 Å². The summed E-state index contributed by atoms with van der Waals surface area (Å²) in [6.45, 7) is 5.71. The van der Waals surface area contributed by atoms with Gasteiger partial charge < -0.3 is 0 Å². The number of nitriles is 1. The summed E-state index contributed by atoms with van der Waals surface area (Å²) in [5.74, 6) is -1.37. The average molecular weight is 237 g/mol. The van der Waals surface area contributed by atoms with Gasteiger partial charge in [-0.1, -0.05) is 20.8 Å². The highest BCUT2D eigenvalue weighted by atomic mass is 19.1. The third-order valence-electron chi connectivity index (χ3n) is 3.70. The van der Waals surface area contributed by atoms with Gasteiger partial charge in [-0.2, -0.15) is 5.26 Å². The molecule has 0 heterocycles.